The van der Waals surface area contributed by atoms with Crippen molar-refractivity contribution in [1.29, 1.82) is 0 Å². The van der Waals surface area contributed by atoms with Crippen molar-refractivity contribution in [3.63, 3.8) is 0 Å². The van der Waals surface area contributed by atoms with Crippen LogP contribution in [0.3, 0.4) is 0 Å². The van der Waals surface area contributed by atoms with Crippen LogP contribution in [-0.4, -0.2) is 56.4 Å². The molecule has 116 valence electrons. The third kappa shape index (κ3) is 3.66. The first kappa shape index (κ1) is 16.1. The van der Waals surface area contributed by atoms with E-state index in [4.69, 9.17) is 11.6 Å². The fourth-order valence-corrected chi connectivity index (χ4v) is 3.89. The maximum absolute atomic E-state index is 12.5. The molecule has 6 nitrogen and oxygen atoms in total. The zero-order valence-electron chi connectivity index (χ0n) is 11.8. The van der Waals surface area contributed by atoms with Crippen LogP contribution in [-0.2, 0) is 10.0 Å². The van der Waals surface area contributed by atoms with E-state index in [1.54, 1.807) is 17.0 Å². The standard InChI is InChI=1S/C13H18ClN3O3S/c1-2-15-13(18)16-6-8-17(9-7-16)21(19,20)12-5-3-4-11(14)10-12/h3-5,10H,2,6-9H2,1H3,(H,15,18). The number of nitrogens with one attached hydrogen (secondary N) is 1. The van der Waals surface area contributed by atoms with Crippen LogP contribution in [0.1, 0.15) is 6.92 Å². The molecule has 0 saturated carbocycles. The molecule has 0 unspecified atom stereocenters. The van der Waals surface area contributed by atoms with Gasteiger partial charge >= 0.3 is 6.03 Å². The van der Waals surface area contributed by atoms with E-state index in [1.165, 1.54) is 16.4 Å². The van der Waals surface area contributed by atoms with Gasteiger partial charge in [0.15, 0.2) is 0 Å². The molecule has 0 bridgehead atoms. The lowest BCUT2D eigenvalue weighted by molar-refractivity contribution is 0.173. The lowest BCUT2D eigenvalue weighted by Gasteiger charge is -2.33. The Labute approximate surface area is 129 Å². The second-order valence-corrected chi connectivity index (χ2v) is 7.06. The highest BCUT2D eigenvalue weighted by molar-refractivity contribution is 7.89. The highest BCUT2D eigenvalue weighted by Gasteiger charge is 2.29. The van der Waals surface area contributed by atoms with Crippen molar-refractivity contribution in [2.45, 2.75) is 11.8 Å². The summed E-state index contributed by atoms with van der Waals surface area (Å²) in [6.45, 7) is 3.73. The highest BCUT2D eigenvalue weighted by atomic mass is 35.5. The van der Waals surface area contributed by atoms with Gasteiger partial charge in [-0.3, -0.25) is 0 Å². The van der Waals surface area contributed by atoms with Crippen molar-refractivity contribution >= 4 is 27.7 Å². The summed E-state index contributed by atoms with van der Waals surface area (Å²) < 4.78 is 26.4. The van der Waals surface area contributed by atoms with Gasteiger partial charge in [-0.15, -0.1) is 0 Å². The second-order valence-electron chi connectivity index (χ2n) is 4.68. The number of rotatable bonds is 3. The van der Waals surface area contributed by atoms with E-state index in [2.05, 4.69) is 5.32 Å². The molecule has 0 spiro atoms. The van der Waals surface area contributed by atoms with Crippen molar-refractivity contribution in [2.24, 2.45) is 0 Å². The first-order chi connectivity index (χ1) is 9.95. The fourth-order valence-electron chi connectivity index (χ4n) is 2.17. The number of nitrogens with zero attached hydrogens (tertiary/aromatic N) is 2. The van der Waals surface area contributed by atoms with Crippen LogP contribution in [0, 0.1) is 0 Å². The number of carbonyl (C=O) groups is 1. The van der Waals surface area contributed by atoms with Crippen LogP contribution in [0.25, 0.3) is 0 Å². The maximum Gasteiger partial charge on any atom is 0.317 e. The molecule has 8 heteroatoms. The van der Waals surface area contributed by atoms with Gasteiger partial charge in [-0.25, -0.2) is 13.2 Å². The average molecular weight is 332 g/mol. The van der Waals surface area contributed by atoms with Crippen molar-refractivity contribution in [2.75, 3.05) is 32.7 Å². The quantitative estimate of drug-likeness (QED) is 0.909. The van der Waals surface area contributed by atoms with Gasteiger partial charge in [0.05, 0.1) is 4.90 Å². The van der Waals surface area contributed by atoms with Gasteiger partial charge in [-0.1, -0.05) is 17.7 Å². The van der Waals surface area contributed by atoms with E-state index in [-0.39, 0.29) is 24.0 Å². The van der Waals surface area contributed by atoms with Gasteiger partial charge in [0, 0.05) is 37.7 Å². The molecule has 1 aromatic rings. The first-order valence-electron chi connectivity index (χ1n) is 6.73. The molecule has 0 aromatic heterocycles. The van der Waals surface area contributed by atoms with Crippen molar-refractivity contribution in [3.05, 3.63) is 29.3 Å². The van der Waals surface area contributed by atoms with Crippen LogP contribution < -0.4 is 5.32 Å². The van der Waals surface area contributed by atoms with Gasteiger partial charge in [-0.05, 0) is 25.1 Å². The number of hydrogen-bond acceptors (Lipinski definition) is 3. The van der Waals surface area contributed by atoms with Gasteiger partial charge in [0.1, 0.15) is 0 Å². The van der Waals surface area contributed by atoms with Crippen LogP contribution in [0.5, 0.6) is 0 Å². The van der Waals surface area contributed by atoms with E-state index >= 15 is 0 Å². The van der Waals surface area contributed by atoms with Gasteiger partial charge in [-0.2, -0.15) is 4.31 Å². The number of benzene rings is 1. The zero-order valence-corrected chi connectivity index (χ0v) is 13.3. The SMILES string of the molecule is CCNC(=O)N1CCN(S(=O)(=O)c2cccc(Cl)c2)CC1. The molecule has 1 heterocycles. The molecule has 0 aliphatic carbocycles. The van der Waals surface area contributed by atoms with E-state index < -0.39 is 10.0 Å². The van der Waals surface area contributed by atoms with Crippen LogP contribution in [0.15, 0.2) is 29.2 Å². The Kier molecular flexibility index (Phi) is 5.08. The van der Waals surface area contributed by atoms with Crippen LogP contribution >= 0.6 is 11.6 Å². The number of carbonyl (C=O) groups excluding carboxylic acids is 1. The minimum absolute atomic E-state index is 0.155. The molecule has 0 radical (unpaired) electrons. The molecule has 1 fully saturated rings. The van der Waals surface area contributed by atoms with E-state index in [0.29, 0.717) is 24.7 Å². The Morgan fingerprint density at radius 1 is 1.29 bits per heavy atom. The molecule has 1 aromatic carbocycles. The monoisotopic (exact) mass is 331 g/mol. The molecular weight excluding hydrogens is 314 g/mol. The van der Waals surface area contributed by atoms with E-state index in [1.807, 2.05) is 6.92 Å². The number of amides is 2. The fraction of sp³-hybridized carbons (Fsp3) is 0.462. The minimum Gasteiger partial charge on any atom is -0.338 e. The summed E-state index contributed by atoms with van der Waals surface area (Å²) in [6, 6.07) is 6.05. The Bertz CT molecular complexity index is 613. The second kappa shape index (κ2) is 6.64. The normalized spacial score (nSPS) is 16.8. The molecule has 21 heavy (non-hydrogen) atoms. The van der Waals surface area contributed by atoms with Crippen molar-refractivity contribution in [1.82, 2.24) is 14.5 Å². The van der Waals surface area contributed by atoms with Crippen molar-refractivity contribution < 1.29 is 13.2 Å². The summed E-state index contributed by atoms with van der Waals surface area (Å²) in [7, 11) is -3.56. The number of halogens is 1. The van der Waals surface area contributed by atoms with E-state index in [9.17, 15) is 13.2 Å². The molecule has 1 N–H and O–H groups in total. The maximum atomic E-state index is 12.5. The third-order valence-electron chi connectivity index (χ3n) is 3.29. The smallest absolute Gasteiger partial charge is 0.317 e. The Morgan fingerprint density at radius 2 is 1.95 bits per heavy atom. The Balaban J connectivity index is 2.06. The lowest BCUT2D eigenvalue weighted by atomic mass is 10.4. The largest absolute Gasteiger partial charge is 0.338 e. The molecule has 1 aliphatic rings. The molecule has 1 aliphatic heterocycles. The summed E-state index contributed by atoms with van der Waals surface area (Å²) in [4.78, 5) is 13.5. The number of sulfonamides is 1. The highest BCUT2D eigenvalue weighted by Crippen LogP contribution is 2.20. The van der Waals surface area contributed by atoms with E-state index in [0.717, 1.165) is 0 Å². The lowest BCUT2D eigenvalue weighted by Crippen LogP contribution is -2.53. The molecule has 2 rings (SSSR count). The van der Waals surface area contributed by atoms with Gasteiger partial charge < -0.3 is 10.2 Å². The molecule has 2 amide bonds. The topological polar surface area (TPSA) is 69.7 Å². The minimum atomic E-state index is -3.56. The number of hydrogen-bond donors (Lipinski definition) is 1. The predicted octanol–water partition coefficient (Wildman–Crippen LogP) is 1.38. The summed E-state index contributed by atoms with van der Waals surface area (Å²) in [6.07, 6.45) is 0. The summed E-state index contributed by atoms with van der Waals surface area (Å²) in [5, 5.41) is 3.10. The first-order valence-corrected chi connectivity index (χ1v) is 8.55. The summed E-state index contributed by atoms with van der Waals surface area (Å²) in [5.74, 6) is 0. The predicted molar refractivity (Wildman–Crippen MR) is 80.9 cm³/mol. The van der Waals surface area contributed by atoms with Gasteiger partial charge in [0.2, 0.25) is 10.0 Å². The van der Waals surface area contributed by atoms with Crippen molar-refractivity contribution in [3.8, 4) is 0 Å². The molecule has 0 atom stereocenters. The average Bonchev–Trinajstić information content (AvgIpc) is 2.47. The number of urea groups is 1. The Morgan fingerprint density at radius 3 is 2.52 bits per heavy atom. The third-order valence-corrected chi connectivity index (χ3v) is 5.42. The summed E-state index contributed by atoms with van der Waals surface area (Å²) >= 11 is 5.85. The number of piperazine rings is 1. The summed E-state index contributed by atoms with van der Waals surface area (Å²) in [5.41, 5.74) is 0. The van der Waals surface area contributed by atoms with Gasteiger partial charge in [0.25, 0.3) is 0 Å². The van der Waals surface area contributed by atoms with Crippen LogP contribution in [0.4, 0.5) is 4.79 Å². The zero-order chi connectivity index (χ0) is 15.5. The molecule has 1 saturated heterocycles. The Hall–Kier alpha value is -1.31. The van der Waals surface area contributed by atoms with Crippen LogP contribution in [0.2, 0.25) is 5.02 Å². The molecular formula is C13H18ClN3O3S.